The van der Waals surface area contributed by atoms with Crippen molar-refractivity contribution in [2.45, 2.75) is 29.5 Å². The molecule has 0 aliphatic carbocycles. The van der Waals surface area contributed by atoms with E-state index in [-0.39, 0.29) is 18.6 Å². The summed E-state index contributed by atoms with van der Waals surface area (Å²) >= 11 is 1.18. The lowest BCUT2D eigenvalue weighted by molar-refractivity contribution is -0.121. The molecule has 2 atom stereocenters. The number of amides is 1. The largest absolute Gasteiger partial charge is 0.484 e. The van der Waals surface area contributed by atoms with Gasteiger partial charge in [-0.1, -0.05) is 23.8 Å². The summed E-state index contributed by atoms with van der Waals surface area (Å²) in [6.07, 6.45) is 0.931. The van der Waals surface area contributed by atoms with Crippen molar-refractivity contribution in [3.63, 3.8) is 0 Å². The van der Waals surface area contributed by atoms with Crippen molar-refractivity contribution in [3.05, 3.63) is 71.1 Å². The molecule has 0 saturated carbocycles. The molecule has 2 aliphatic rings. The number of benzene rings is 2. The topological polar surface area (TPSA) is 70.2 Å². The number of fused-ring (bicyclic) bond motifs is 3. The van der Waals surface area contributed by atoms with E-state index in [1.807, 2.05) is 4.90 Å². The number of thiophene rings is 1. The van der Waals surface area contributed by atoms with Gasteiger partial charge in [0, 0.05) is 31.2 Å². The zero-order valence-corrected chi connectivity index (χ0v) is 21.7. The fourth-order valence-electron chi connectivity index (χ4n) is 5.06. The number of carbonyl (C=O) groups excluding carboxylic acids is 1. The zero-order chi connectivity index (χ0) is 24.7. The molecular formula is C26H29N3O4S2. The van der Waals surface area contributed by atoms with Crippen LogP contribution in [0.15, 0.2) is 64.2 Å². The second kappa shape index (κ2) is 9.29. The van der Waals surface area contributed by atoms with Gasteiger partial charge in [0.25, 0.3) is 15.9 Å². The summed E-state index contributed by atoms with van der Waals surface area (Å²) in [7, 11) is 0.0594. The van der Waals surface area contributed by atoms with Crippen LogP contribution in [-0.4, -0.2) is 59.1 Å². The van der Waals surface area contributed by atoms with E-state index in [0.29, 0.717) is 21.6 Å². The van der Waals surface area contributed by atoms with Crippen LogP contribution in [0.4, 0.5) is 11.4 Å². The first kappa shape index (κ1) is 23.8. The van der Waals surface area contributed by atoms with Gasteiger partial charge in [0.05, 0.1) is 5.69 Å². The van der Waals surface area contributed by atoms with Crippen molar-refractivity contribution in [1.82, 2.24) is 4.90 Å². The van der Waals surface area contributed by atoms with Crippen molar-refractivity contribution in [2.75, 3.05) is 43.0 Å². The number of hydrogen-bond acceptors (Lipinski definition) is 6. The van der Waals surface area contributed by atoms with Crippen LogP contribution in [0, 0.1) is 6.92 Å². The minimum absolute atomic E-state index is 0.0615. The summed E-state index contributed by atoms with van der Waals surface area (Å²) in [6, 6.07) is 16.5. The van der Waals surface area contributed by atoms with Gasteiger partial charge in [-0.2, -0.15) is 0 Å². The maximum atomic E-state index is 13.3. The number of aryl methyl sites for hydroxylation is 1. The molecule has 2 aliphatic heterocycles. The molecule has 0 N–H and O–H groups in total. The van der Waals surface area contributed by atoms with Crippen LogP contribution >= 0.6 is 11.3 Å². The van der Waals surface area contributed by atoms with Crippen LogP contribution in [0.3, 0.4) is 0 Å². The van der Waals surface area contributed by atoms with Crippen LogP contribution in [-0.2, 0) is 14.8 Å². The summed E-state index contributed by atoms with van der Waals surface area (Å²) in [6.45, 7) is 3.91. The van der Waals surface area contributed by atoms with Crippen LogP contribution in [0.25, 0.3) is 0 Å². The molecule has 0 radical (unpaired) electrons. The number of carbonyl (C=O) groups is 1. The Hall–Kier alpha value is -2.88. The molecule has 5 rings (SSSR count). The van der Waals surface area contributed by atoms with Crippen molar-refractivity contribution < 1.29 is 17.9 Å². The number of hydrogen-bond donors (Lipinski definition) is 0. The predicted octanol–water partition coefficient (Wildman–Crippen LogP) is 4.09. The van der Waals surface area contributed by atoms with E-state index >= 15 is 0 Å². The molecule has 1 aromatic heterocycles. The van der Waals surface area contributed by atoms with Crippen LogP contribution < -0.4 is 13.9 Å². The highest BCUT2D eigenvalue weighted by molar-refractivity contribution is 7.94. The third-order valence-corrected chi connectivity index (χ3v) is 10.1. The van der Waals surface area contributed by atoms with Crippen LogP contribution in [0.2, 0.25) is 0 Å². The molecule has 1 saturated heterocycles. The standard InChI is InChI=1S/C26H29N3O4S2/c1-18-6-11-23-21(15-18)22-16-27(2)13-12-24(22)29(23)25(30)17-33-20-9-7-19(8-10-20)28(3)35(31,32)26-5-4-14-34-26/h4-11,14-15,22,24H,12-13,16-17H2,1-3H3/t22-,24-/m0/s1. The van der Waals surface area contributed by atoms with Gasteiger partial charge in [0.2, 0.25) is 0 Å². The Bertz CT molecular complexity index is 1320. The van der Waals surface area contributed by atoms with Gasteiger partial charge in [-0.25, -0.2) is 8.42 Å². The highest BCUT2D eigenvalue weighted by atomic mass is 32.2. The Kier molecular flexibility index (Phi) is 6.33. The predicted molar refractivity (Wildman–Crippen MR) is 139 cm³/mol. The minimum Gasteiger partial charge on any atom is -0.484 e. The number of likely N-dealkylation sites (N-methyl/N-ethyl adjacent to an activating group) is 1. The van der Waals surface area contributed by atoms with E-state index in [9.17, 15) is 13.2 Å². The molecular weight excluding hydrogens is 482 g/mol. The second-order valence-electron chi connectivity index (χ2n) is 9.24. The summed E-state index contributed by atoms with van der Waals surface area (Å²) in [5.74, 6) is 0.772. The molecule has 3 heterocycles. The van der Waals surface area contributed by atoms with E-state index < -0.39 is 10.0 Å². The molecule has 3 aromatic rings. The smallest absolute Gasteiger partial charge is 0.273 e. The van der Waals surface area contributed by atoms with E-state index in [0.717, 1.165) is 25.2 Å². The second-order valence-corrected chi connectivity index (χ2v) is 12.4. The normalized spacial score (nSPS) is 19.8. The fourth-order valence-corrected chi connectivity index (χ4v) is 7.41. The van der Waals surface area contributed by atoms with Crippen molar-refractivity contribution in [3.8, 4) is 5.75 Å². The molecule has 0 unspecified atom stereocenters. The minimum atomic E-state index is -3.60. The first-order valence-electron chi connectivity index (χ1n) is 11.6. The molecule has 35 heavy (non-hydrogen) atoms. The van der Waals surface area contributed by atoms with Gasteiger partial charge in [-0.15, -0.1) is 11.3 Å². The number of ether oxygens (including phenoxy) is 1. The van der Waals surface area contributed by atoms with Gasteiger partial charge >= 0.3 is 0 Å². The average molecular weight is 512 g/mol. The van der Waals surface area contributed by atoms with Gasteiger partial charge in [0.15, 0.2) is 6.61 Å². The quantitative estimate of drug-likeness (QED) is 0.499. The molecule has 7 nitrogen and oxygen atoms in total. The average Bonchev–Trinajstić information content (AvgIpc) is 3.50. The van der Waals surface area contributed by atoms with Gasteiger partial charge in [0.1, 0.15) is 9.96 Å². The first-order chi connectivity index (χ1) is 16.8. The molecule has 9 heteroatoms. The van der Waals surface area contributed by atoms with Gasteiger partial charge < -0.3 is 14.5 Å². The number of anilines is 2. The van der Waals surface area contributed by atoms with Crippen molar-refractivity contribution >= 4 is 38.6 Å². The van der Waals surface area contributed by atoms with Crippen molar-refractivity contribution in [1.29, 1.82) is 0 Å². The molecule has 2 aromatic carbocycles. The summed E-state index contributed by atoms with van der Waals surface area (Å²) in [5.41, 5.74) is 3.96. The Morgan fingerprint density at radius 1 is 1.17 bits per heavy atom. The van der Waals surface area contributed by atoms with Gasteiger partial charge in [-0.05, 0) is 74.3 Å². The number of nitrogens with zero attached hydrogens (tertiary/aromatic N) is 3. The molecule has 1 fully saturated rings. The highest BCUT2D eigenvalue weighted by Crippen LogP contribution is 2.45. The number of piperidine rings is 1. The third-order valence-electron chi connectivity index (χ3n) is 6.89. The zero-order valence-electron chi connectivity index (χ0n) is 20.0. The Morgan fingerprint density at radius 2 is 1.94 bits per heavy atom. The van der Waals surface area contributed by atoms with Crippen molar-refractivity contribution in [2.24, 2.45) is 0 Å². The van der Waals surface area contributed by atoms with E-state index in [2.05, 4.69) is 37.1 Å². The summed E-state index contributed by atoms with van der Waals surface area (Å²) in [4.78, 5) is 17.6. The number of rotatable bonds is 6. The third kappa shape index (κ3) is 4.44. The molecule has 1 amide bonds. The maximum absolute atomic E-state index is 13.3. The highest BCUT2D eigenvalue weighted by Gasteiger charge is 2.43. The van der Waals surface area contributed by atoms with Gasteiger partial charge in [-0.3, -0.25) is 9.10 Å². The molecule has 184 valence electrons. The summed E-state index contributed by atoms with van der Waals surface area (Å²) < 4.78 is 32.9. The lowest BCUT2D eigenvalue weighted by Crippen LogP contribution is -2.48. The van der Waals surface area contributed by atoms with E-state index in [1.165, 1.54) is 33.8 Å². The maximum Gasteiger partial charge on any atom is 0.273 e. The molecule has 0 spiro atoms. The Labute approximate surface area is 210 Å². The van der Waals surface area contributed by atoms with E-state index in [1.54, 1.807) is 41.8 Å². The Balaban J connectivity index is 1.28. The first-order valence-corrected chi connectivity index (χ1v) is 13.9. The summed E-state index contributed by atoms with van der Waals surface area (Å²) in [5, 5.41) is 1.74. The van der Waals surface area contributed by atoms with Crippen LogP contribution in [0.5, 0.6) is 5.75 Å². The fraction of sp³-hybridized carbons (Fsp3) is 0.346. The monoisotopic (exact) mass is 511 g/mol. The van der Waals surface area contributed by atoms with E-state index in [4.69, 9.17) is 4.74 Å². The number of sulfonamides is 1. The Morgan fingerprint density at radius 3 is 2.66 bits per heavy atom. The lowest BCUT2D eigenvalue weighted by Gasteiger charge is -2.36. The SMILES string of the molecule is Cc1ccc2c(c1)[C@@H]1CN(C)CC[C@@H]1N2C(=O)COc1ccc(N(C)S(=O)(=O)c2cccs2)cc1. The molecule has 0 bridgehead atoms. The lowest BCUT2D eigenvalue weighted by atomic mass is 9.89. The number of likely N-dealkylation sites (tertiary alicyclic amines) is 1. The van der Waals surface area contributed by atoms with Crippen LogP contribution in [0.1, 0.15) is 23.5 Å².